The summed E-state index contributed by atoms with van der Waals surface area (Å²) in [6, 6.07) is 13.6. The number of hydrogen-bond acceptors (Lipinski definition) is 7. The molecule has 0 bridgehead atoms. The van der Waals surface area contributed by atoms with Crippen molar-refractivity contribution in [3.8, 4) is 11.4 Å². The first-order valence-corrected chi connectivity index (χ1v) is 10.6. The van der Waals surface area contributed by atoms with Crippen molar-refractivity contribution < 1.29 is 19.7 Å². The number of nitrogens with one attached hydrogen (secondary N) is 3. The lowest BCUT2D eigenvalue weighted by Crippen LogP contribution is -2.51. The fourth-order valence-electron chi connectivity index (χ4n) is 3.52. The number of aliphatic carboxylic acids is 1. The summed E-state index contributed by atoms with van der Waals surface area (Å²) in [4.78, 5) is 13.2. The number of aliphatic hydroxyl groups excluding tert-OH is 1. The van der Waals surface area contributed by atoms with Gasteiger partial charge in [-0.1, -0.05) is 24.3 Å². The molecule has 3 aromatic rings. The number of carboxylic acid groups (broad SMARTS) is 1. The van der Waals surface area contributed by atoms with E-state index < -0.39 is 18.1 Å². The number of hydrogen-bond donors (Lipinski definition) is 5. The maximum Gasteiger partial charge on any atom is 0.329 e. The Morgan fingerprint density at radius 2 is 1.84 bits per heavy atom. The summed E-state index contributed by atoms with van der Waals surface area (Å²) < 4.78 is 8.46. The van der Waals surface area contributed by atoms with Crippen molar-refractivity contribution in [2.45, 2.75) is 12.1 Å². The lowest BCUT2D eigenvalue weighted by atomic mass is 10.0. The maximum absolute atomic E-state index is 11.6. The van der Waals surface area contributed by atoms with Gasteiger partial charge in [0.2, 0.25) is 0 Å². The van der Waals surface area contributed by atoms with E-state index in [2.05, 4.69) is 15.5 Å². The van der Waals surface area contributed by atoms with Gasteiger partial charge in [-0.15, -0.1) is 0 Å². The third-order valence-electron chi connectivity index (χ3n) is 5.00. The molecule has 1 aromatic heterocycles. The minimum absolute atomic E-state index is 0.184. The van der Waals surface area contributed by atoms with Crippen LogP contribution >= 0.6 is 24.4 Å². The fourth-order valence-corrected chi connectivity index (χ4v) is 4.07. The van der Waals surface area contributed by atoms with E-state index in [0.29, 0.717) is 27.5 Å². The summed E-state index contributed by atoms with van der Waals surface area (Å²) in [6.45, 7) is 0.565. The van der Waals surface area contributed by atoms with Crippen LogP contribution in [0.1, 0.15) is 0 Å². The molecule has 5 N–H and O–H groups in total. The first kappa shape index (κ1) is 21.8. The van der Waals surface area contributed by atoms with Crippen molar-refractivity contribution in [1.29, 1.82) is 0 Å². The number of nitrogens with zero attached hydrogens (tertiary/aromatic N) is 2. The highest BCUT2D eigenvalue weighted by Crippen LogP contribution is 2.26. The average molecular weight is 472 g/mol. The Bertz CT molecular complexity index is 1240. The van der Waals surface area contributed by atoms with Crippen LogP contribution in [-0.4, -0.2) is 56.4 Å². The second-order valence-corrected chi connectivity index (χ2v) is 7.84. The number of carboxylic acids is 1. The van der Waals surface area contributed by atoms with E-state index in [4.69, 9.17) is 29.2 Å². The molecular formula is C21H21N5O4S2. The molecule has 32 heavy (non-hydrogen) atoms. The van der Waals surface area contributed by atoms with Crippen LogP contribution in [0.4, 0.5) is 11.4 Å². The van der Waals surface area contributed by atoms with Crippen LogP contribution in [0.2, 0.25) is 0 Å². The zero-order valence-corrected chi connectivity index (χ0v) is 18.4. The molecule has 0 saturated carbocycles. The van der Waals surface area contributed by atoms with Crippen molar-refractivity contribution in [3.05, 3.63) is 70.2 Å². The molecule has 2 unspecified atom stereocenters. The second-order valence-electron chi connectivity index (χ2n) is 7.06. The van der Waals surface area contributed by atoms with Crippen LogP contribution in [0.25, 0.3) is 5.69 Å². The third kappa shape index (κ3) is 4.59. The van der Waals surface area contributed by atoms with E-state index in [9.17, 15) is 15.0 Å². The van der Waals surface area contributed by atoms with Gasteiger partial charge in [0.15, 0.2) is 22.3 Å². The Balaban J connectivity index is 1.44. The normalized spacial score (nSPS) is 17.8. The lowest BCUT2D eigenvalue weighted by Gasteiger charge is -2.35. The molecule has 2 heterocycles. The Hall–Kier alpha value is -3.41. The number of ether oxygens (including phenoxy) is 1. The van der Waals surface area contributed by atoms with Gasteiger partial charge in [-0.25, -0.2) is 4.79 Å². The summed E-state index contributed by atoms with van der Waals surface area (Å²) in [7, 11) is 0. The maximum atomic E-state index is 11.6. The Labute approximate surface area is 193 Å². The molecule has 0 spiro atoms. The number of rotatable bonds is 7. The third-order valence-corrected chi connectivity index (χ3v) is 5.57. The molecule has 166 valence electrons. The minimum atomic E-state index is -1.09. The predicted octanol–water partition coefficient (Wildman–Crippen LogP) is 3.23. The lowest BCUT2D eigenvalue weighted by molar-refractivity contribution is -0.140. The summed E-state index contributed by atoms with van der Waals surface area (Å²) in [6.07, 6.45) is 2.16. The van der Waals surface area contributed by atoms with Crippen LogP contribution in [0.5, 0.6) is 5.75 Å². The summed E-state index contributed by atoms with van der Waals surface area (Å²) in [5, 5.41) is 28.4. The van der Waals surface area contributed by atoms with Crippen molar-refractivity contribution >= 4 is 41.8 Å². The molecule has 1 aliphatic rings. The zero-order chi connectivity index (χ0) is 22.7. The number of aromatic amines is 2. The van der Waals surface area contributed by atoms with E-state index in [-0.39, 0.29) is 6.73 Å². The predicted molar refractivity (Wildman–Crippen MR) is 126 cm³/mol. The molecule has 1 aliphatic heterocycles. The monoisotopic (exact) mass is 471 g/mol. The van der Waals surface area contributed by atoms with E-state index in [0.717, 1.165) is 11.4 Å². The van der Waals surface area contributed by atoms with Crippen LogP contribution in [-0.2, 0) is 4.79 Å². The summed E-state index contributed by atoms with van der Waals surface area (Å²) in [5.41, 5.74) is 2.27. The van der Waals surface area contributed by atoms with Gasteiger partial charge in [-0.2, -0.15) is 0 Å². The number of anilines is 2. The van der Waals surface area contributed by atoms with E-state index >= 15 is 0 Å². The molecule has 2 aromatic carbocycles. The zero-order valence-electron chi connectivity index (χ0n) is 16.8. The highest BCUT2D eigenvalue weighted by Gasteiger charge is 2.33. The average Bonchev–Trinajstić information content (AvgIpc) is 3.11. The Morgan fingerprint density at radius 3 is 2.59 bits per heavy atom. The molecule has 2 atom stereocenters. The smallest absolute Gasteiger partial charge is 0.329 e. The molecule has 0 saturated heterocycles. The van der Waals surface area contributed by atoms with Crippen molar-refractivity contribution in [2.75, 3.05) is 23.5 Å². The Kier molecular flexibility index (Phi) is 6.40. The van der Waals surface area contributed by atoms with Crippen molar-refractivity contribution in [2.24, 2.45) is 0 Å². The molecular weight excluding hydrogens is 450 g/mol. The second kappa shape index (κ2) is 9.39. The molecule has 0 fully saturated rings. The van der Waals surface area contributed by atoms with Gasteiger partial charge >= 0.3 is 5.97 Å². The van der Waals surface area contributed by atoms with Crippen molar-refractivity contribution in [3.63, 3.8) is 0 Å². The van der Waals surface area contributed by atoms with Gasteiger partial charge in [0.05, 0.1) is 5.69 Å². The molecule has 0 amide bonds. The largest absolute Gasteiger partial charge is 0.480 e. The fraction of sp³-hybridized carbons (Fsp3) is 0.190. The van der Waals surface area contributed by atoms with Crippen LogP contribution in [0.3, 0.4) is 0 Å². The van der Waals surface area contributed by atoms with Crippen LogP contribution < -0.4 is 15.0 Å². The van der Waals surface area contributed by atoms with Gasteiger partial charge in [0, 0.05) is 24.0 Å². The van der Waals surface area contributed by atoms with Gasteiger partial charge in [0.25, 0.3) is 0 Å². The topological polar surface area (TPSA) is 119 Å². The van der Waals surface area contributed by atoms with E-state index in [1.807, 2.05) is 24.3 Å². The van der Waals surface area contributed by atoms with Crippen LogP contribution in [0, 0.1) is 9.54 Å². The molecule has 0 radical (unpaired) electrons. The summed E-state index contributed by atoms with van der Waals surface area (Å²) in [5.74, 6) is -0.522. The number of benzene rings is 2. The summed E-state index contributed by atoms with van der Waals surface area (Å²) >= 11 is 10.5. The van der Waals surface area contributed by atoms with E-state index in [1.165, 1.54) is 6.08 Å². The van der Waals surface area contributed by atoms with Gasteiger partial charge in [-0.3, -0.25) is 14.8 Å². The Morgan fingerprint density at radius 1 is 1.12 bits per heavy atom. The number of aromatic nitrogens is 3. The van der Waals surface area contributed by atoms with Gasteiger partial charge < -0.3 is 25.2 Å². The first-order valence-electron chi connectivity index (χ1n) is 9.75. The minimum Gasteiger partial charge on any atom is -0.480 e. The van der Waals surface area contributed by atoms with Gasteiger partial charge in [0.1, 0.15) is 11.9 Å². The highest BCUT2D eigenvalue weighted by molar-refractivity contribution is 7.72. The number of carbonyl (C=O) groups is 1. The van der Waals surface area contributed by atoms with E-state index in [1.54, 1.807) is 39.8 Å². The molecule has 0 aliphatic carbocycles. The van der Waals surface area contributed by atoms with Crippen molar-refractivity contribution in [1.82, 2.24) is 14.8 Å². The molecule has 4 rings (SSSR count). The van der Waals surface area contributed by atoms with Crippen LogP contribution in [0.15, 0.2) is 60.7 Å². The SMILES string of the molecule is O=C(O)C1C(O)C=CCN1c1cccc(OCNc2cccc(-n3c(=S)[nH][nH]c3=S)c2)c1. The molecule has 9 nitrogen and oxygen atoms in total. The number of aliphatic hydroxyl groups is 1. The number of H-pyrrole nitrogens is 2. The molecule has 11 heteroatoms. The highest BCUT2D eigenvalue weighted by atomic mass is 32.1. The standard InChI is InChI=1S/C21H21N5O4S2/c27-17-8-3-9-25(18(17)19(28)29)14-5-2-7-16(11-14)30-12-22-13-4-1-6-15(10-13)26-20(31)23-24-21(26)32/h1-8,10-11,17-18,22,27H,9,12H2,(H,23,31)(H,24,32)(H,28,29). The quantitative estimate of drug-likeness (QED) is 0.203. The first-order chi connectivity index (χ1) is 15.4. The van der Waals surface area contributed by atoms with Gasteiger partial charge in [-0.05, 0) is 54.8 Å².